The van der Waals surface area contributed by atoms with E-state index in [1.807, 2.05) is 0 Å². The predicted octanol–water partition coefficient (Wildman–Crippen LogP) is 4.33. The molecule has 0 fully saturated rings. The molecule has 2 aromatic carbocycles. The van der Waals surface area contributed by atoms with Gasteiger partial charge >= 0.3 is 5.97 Å². The van der Waals surface area contributed by atoms with Crippen LogP contribution in [0.5, 0.6) is 0 Å². The summed E-state index contributed by atoms with van der Waals surface area (Å²) in [6.07, 6.45) is -0.176. The summed E-state index contributed by atoms with van der Waals surface area (Å²) in [6.45, 7) is 1.85. The largest absolute Gasteiger partial charge is 0.466 e. The minimum absolute atomic E-state index is 0.132. The molecular weight excluding hydrogens is 395 g/mol. The highest BCUT2D eigenvalue weighted by Gasteiger charge is 2.26. The second kappa shape index (κ2) is 9.34. The molecule has 2 rings (SSSR count). The van der Waals surface area contributed by atoms with Crippen molar-refractivity contribution in [3.05, 3.63) is 73.8 Å². The lowest BCUT2D eigenvalue weighted by Gasteiger charge is -2.19. The van der Waals surface area contributed by atoms with Crippen molar-refractivity contribution in [1.82, 2.24) is 5.32 Å². The number of ether oxygens (including phenoxy) is 1. The van der Waals surface area contributed by atoms with E-state index in [2.05, 4.69) is 5.32 Å². The Balaban J connectivity index is 2.35. The molecule has 1 atom stereocenters. The number of nitro benzene ring substituents is 1. The van der Waals surface area contributed by atoms with Gasteiger partial charge in [0.15, 0.2) is 0 Å². The SMILES string of the molecule is CCOC(=O)C[C@H](NC(=O)c1ccc(Cl)cc1[N+](=O)[O-])c1ccccc1Cl. The van der Waals surface area contributed by atoms with Crippen LogP contribution in [0.3, 0.4) is 0 Å². The first-order valence-corrected chi connectivity index (χ1v) is 8.74. The summed E-state index contributed by atoms with van der Waals surface area (Å²) in [5.41, 5.74) is -0.114. The molecule has 9 heteroatoms. The van der Waals surface area contributed by atoms with Gasteiger partial charge in [0.05, 0.1) is 24.0 Å². The van der Waals surface area contributed by atoms with Crippen LogP contribution in [0.15, 0.2) is 42.5 Å². The van der Waals surface area contributed by atoms with Gasteiger partial charge in [0, 0.05) is 16.1 Å². The van der Waals surface area contributed by atoms with Crippen LogP contribution in [0.25, 0.3) is 0 Å². The smallest absolute Gasteiger partial charge is 0.308 e. The Bertz CT molecular complexity index is 873. The van der Waals surface area contributed by atoms with Crippen molar-refractivity contribution in [3.8, 4) is 0 Å². The molecule has 0 aliphatic heterocycles. The van der Waals surface area contributed by atoms with Crippen LogP contribution >= 0.6 is 23.2 Å². The lowest BCUT2D eigenvalue weighted by Crippen LogP contribution is -2.31. The first-order chi connectivity index (χ1) is 12.8. The summed E-state index contributed by atoms with van der Waals surface area (Å²) in [4.78, 5) is 35.1. The zero-order chi connectivity index (χ0) is 20.0. The van der Waals surface area contributed by atoms with Gasteiger partial charge in [-0.1, -0.05) is 41.4 Å². The van der Waals surface area contributed by atoms with Crippen molar-refractivity contribution in [2.45, 2.75) is 19.4 Å². The molecule has 0 saturated carbocycles. The molecule has 7 nitrogen and oxygen atoms in total. The molecular formula is C18H16Cl2N2O5. The molecule has 2 aromatic rings. The summed E-state index contributed by atoms with van der Waals surface area (Å²) < 4.78 is 4.94. The summed E-state index contributed by atoms with van der Waals surface area (Å²) in [5, 5.41) is 14.3. The Morgan fingerprint density at radius 1 is 1.22 bits per heavy atom. The number of benzene rings is 2. The number of carbonyl (C=O) groups excluding carboxylic acids is 2. The Morgan fingerprint density at radius 3 is 2.56 bits per heavy atom. The maximum Gasteiger partial charge on any atom is 0.308 e. The van der Waals surface area contributed by atoms with E-state index in [9.17, 15) is 19.7 Å². The minimum atomic E-state index is -0.819. The van der Waals surface area contributed by atoms with Crippen molar-refractivity contribution >= 4 is 40.8 Å². The van der Waals surface area contributed by atoms with Crippen molar-refractivity contribution in [2.75, 3.05) is 6.61 Å². The second-order valence-corrected chi connectivity index (χ2v) is 6.32. The summed E-state index contributed by atoms with van der Waals surface area (Å²) in [7, 11) is 0. The fourth-order valence-electron chi connectivity index (χ4n) is 2.47. The number of halogens is 2. The van der Waals surface area contributed by atoms with Gasteiger partial charge in [-0.3, -0.25) is 19.7 Å². The summed E-state index contributed by atoms with van der Waals surface area (Å²) >= 11 is 12.0. The Hall–Kier alpha value is -2.64. The van der Waals surface area contributed by atoms with E-state index in [1.165, 1.54) is 12.1 Å². The first kappa shape index (κ1) is 20.7. The van der Waals surface area contributed by atoms with Crippen molar-refractivity contribution in [1.29, 1.82) is 0 Å². The fourth-order valence-corrected chi connectivity index (χ4v) is 2.90. The summed E-state index contributed by atoms with van der Waals surface area (Å²) in [5.74, 6) is -1.26. The molecule has 0 radical (unpaired) electrons. The van der Waals surface area contributed by atoms with Crippen molar-refractivity contribution < 1.29 is 19.2 Å². The van der Waals surface area contributed by atoms with Gasteiger partial charge in [-0.2, -0.15) is 0 Å². The molecule has 0 aliphatic carbocycles. The van der Waals surface area contributed by atoms with Crippen LogP contribution < -0.4 is 5.32 Å². The lowest BCUT2D eigenvalue weighted by molar-refractivity contribution is -0.385. The molecule has 1 N–H and O–H groups in total. The van der Waals surface area contributed by atoms with E-state index in [0.717, 1.165) is 6.07 Å². The number of nitrogens with zero attached hydrogens (tertiary/aromatic N) is 1. The highest BCUT2D eigenvalue weighted by Crippen LogP contribution is 2.28. The number of nitrogens with one attached hydrogen (secondary N) is 1. The maximum atomic E-state index is 12.7. The molecule has 0 aliphatic rings. The average Bonchev–Trinajstić information content (AvgIpc) is 2.61. The maximum absolute atomic E-state index is 12.7. The molecule has 0 spiro atoms. The van der Waals surface area contributed by atoms with Crippen LogP contribution in [0, 0.1) is 10.1 Å². The third-order valence-corrected chi connectivity index (χ3v) is 4.24. The second-order valence-electron chi connectivity index (χ2n) is 5.48. The third kappa shape index (κ3) is 5.42. The number of rotatable bonds is 7. The van der Waals surface area contributed by atoms with Crippen LogP contribution in [-0.2, 0) is 9.53 Å². The van der Waals surface area contributed by atoms with Crippen LogP contribution in [0.4, 0.5) is 5.69 Å². The van der Waals surface area contributed by atoms with Gasteiger partial charge in [0.1, 0.15) is 5.56 Å². The fraction of sp³-hybridized carbons (Fsp3) is 0.222. The highest BCUT2D eigenvalue weighted by atomic mass is 35.5. The van der Waals surface area contributed by atoms with Crippen LogP contribution in [-0.4, -0.2) is 23.4 Å². The van der Waals surface area contributed by atoms with Crippen molar-refractivity contribution in [3.63, 3.8) is 0 Å². The van der Waals surface area contributed by atoms with E-state index < -0.39 is 28.5 Å². The predicted molar refractivity (Wildman–Crippen MR) is 101 cm³/mol. The Labute approximate surface area is 165 Å². The molecule has 1 amide bonds. The zero-order valence-corrected chi connectivity index (χ0v) is 15.8. The molecule has 0 bridgehead atoms. The zero-order valence-electron chi connectivity index (χ0n) is 14.3. The quantitative estimate of drug-likeness (QED) is 0.416. The van der Waals surface area contributed by atoms with Gasteiger partial charge in [-0.25, -0.2) is 0 Å². The number of nitro groups is 1. The number of carbonyl (C=O) groups is 2. The monoisotopic (exact) mass is 410 g/mol. The van der Waals surface area contributed by atoms with Gasteiger partial charge in [0.2, 0.25) is 0 Å². The highest BCUT2D eigenvalue weighted by molar-refractivity contribution is 6.31. The molecule has 142 valence electrons. The summed E-state index contributed by atoms with van der Waals surface area (Å²) in [6, 6.07) is 9.58. The normalized spacial score (nSPS) is 11.5. The molecule has 0 unspecified atom stereocenters. The molecule has 27 heavy (non-hydrogen) atoms. The number of amides is 1. The van der Waals surface area contributed by atoms with E-state index in [1.54, 1.807) is 31.2 Å². The molecule has 0 aromatic heterocycles. The topological polar surface area (TPSA) is 98.5 Å². The van der Waals surface area contributed by atoms with Crippen molar-refractivity contribution in [2.24, 2.45) is 0 Å². The van der Waals surface area contributed by atoms with E-state index in [4.69, 9.17) is 27.9 Å². The van der Waals surface area contributed by atoms with E-state index in [0.29, 0.717) is 10.6 Å². The Morgan fingerprint density at radius 2 is 1.93 bits per heavy atom. The lowest BCUT2D eigenvalue weighted by atomic mass is 10.0. The average molecular weight is 411 g/mol. The number of hydrogen-bond acceptors (Lipinski definition) is 5. The van der Waals surface area contributed by atoms with E-state index >= 15 is 0 Å². The molecule has 0 heterocycles. The standard InChI is InChI=1S/C18H16Cl2N2O5/c1-2-27-17(23)10-15(12-5-3-4-6-14(12)20)21-18(24)13-8-7-11(19)9-16(13)22(25)26/h3-9,15H,2,10H2,1H3,(H,21,24)/t15-/m0/s1. The number of esters is 1. The Kier molecular flexibility index (Phi) is 7.15. The van der Waals surface area contributed by atoms with Crippen LogP contribution in [0.1, 0.15) is 35.3 Å². The van der Waals surface area contributed by atoms with Gasteiger partial charge in [-0.15, -0.1) is 0 Å². The number of hydrogen-bond donors (Lipinski definition) is 1. The molecule has 0 saturated heterocycles. The van der Waals surface area contributed by atoms with E-state index in [-0.39, 0.29) is 23.6 Å². The van der Waals surface area contributed by atoms with Gasteiger partial charge in [-0.05, 0) is 30.7 Å². The minimum Gasteiger partial charge on any atom is -0.466 e. The third-order valence-electron chi connectivity index (χ3n) is 3.66. The van der Waals surface area contributed by atoms with Crippen LogP contribution in [0.2, 0.25) is 10.0 Å². The first-order valence-electron chi connectivity index (χ1n) is 7.98. The van der Waals surface area contributed by atoms with Gasteiger partial charge < -0.3 is 10.1 Å². The van der Waals surface area contributed by atoms with Gasteiger partial charge in [0.25, 0.3) is 11.6 Å².